The van der Waals surface area contributed by atoms with Crippen molar-refractivity contribution in [1.29, 1.82) is 10.8 Å². The minimum Gasteiger partial charge on any atom is -0.462 e. The molecule has 2 aromatic heterocycles. The predicted molar refractivity (Wildman–Crippen MR) is 162 cm³/mol. The van der Waals surface area contributed by atoms with Crippen LogP contribution in [0, 0.1) is 17.7 Å². The van der Waals surface area contributed by atoms with Crippen molar-refractivity contribution >= 4 is 52.1 Å². The molecule has 4 aromatic rings. The first-order valence-electron chi connectivity index (χ1n) is 13.1. The summed E-state index contributed by atoms with van der Waals surface area (Å²) in [6, 6.07) is 19.3. The van der Waals surface area contributed by atoms with Crippen molar-refractivity contribution in [1.82, 2.24) is 10.6 Å². The molecule has 2 aromatic carbocycles. The summed E-state index contributed by atoms with van der Waals surface area (Å²) in [6.45, 7) is 4.12. The van der Waals surface area contributed by atoms with Crippen LogP contribution in [0.2, 0.25) is 0 Å². The Morgan fingerprint density at radius 3 is 2.24 bits per heavy atom. The van der Waals surface area contributed by atoms with Crippen LogP contribution in [-0.4, -0.2) is 36.1 Å². The summed E-state index contributed by atoms with van der Waals surface area (Å²) in [6.07, 6.45) is 1.70. The van der Waals surface area contributed by atoms with E-state index >= 15 is 0 Å². The Morgan fingerprint density at radius 1 is 0.902 bits per heavy atom. The van der Waals surface area contributed by atoms with Gasteiger partial charge in [0.2, 0.25) is 0 Å². The second kappa shape index (κ2) is 12.0. The molecule has 0 bridgehead atoms. The highest BCUT2D eigenvalue weighted by molar-refractivity contribution is 7.16. The highest BCUT2D eigenvalue weighted by Crippen LogP contribution is 2.37. The average Bonchev–Trinajstić information content (AvgIpc) is 3.50. The standard InChI is InChI=1S/C17H16N2O3S.C14H12N2OS/c1-2-22-17(21)11-5-3-10(4-6-11)7-12-8-13-14(23-12)9-15(18)19-16(13)20;1-8-12-10(7-11(15)16-14(12)17)18-13(8)9-5-3-2-4-6-9/h3-6,8H,2,7,9H2,1H3,(H2,18,19,20);2-6H,7H2,1H3,(H2,15,16,17). The summed E-state index contributed by atoms with van der Waals surface area (Å²) in [5, 5.41) is 20.4. The Bertz CT molecular complexity index is 1670. The number of fused-ring (bicyclic) bond motifs is 2. The molecule has 0 radical (unpaired) electrons. The van der Waals surface area contributed by atoms with Gasteiger partial charge in [-0.3, -0.25) is 20.4 Å². The molecule has 208 valence electrons. The minimum atomic E-state index is -0.319. The molecule has 4 N–H and O–H groups in total. The summed E-state index contributed by atoms with van der Waals surface area (Å²) < 4.78 is 4.96. The van der Waals surface area contributed by atoms with E-state index in [1.165, 1.54) is 0 Å². The quantitative estimate of drug-likeness (QED) is 0.222. The molecule has 0 saturated heterocycles. The lowest BCUT2D eigenvalue weighted by molar-refractivity contribution is 0.0526. The molecule has 0 unspecified atom stereocenters. The molecule has 0 aliphatic carbocycles. The number of amides is 2. The molecule has 0 saturated carbocycles. The number of thiophene rings is 2. The minimum absolute atomic E-state index is 0.141. The van der Waals surface area contributed by atoms with Crippen molar-refractivity contribution in [3.63, 3.8) is 0 Å². The molecular weight excluding hydrogens is 556 g/mol. The fourth-order valence-electron chi connectivity index (χ4n) is 4.74. The van der Waals surface area contributed by atoms with E-state index in [1.54, 1.807) is 41.7 Å². The SMILES string of the molecule is CCOC(=O)c1ccc(Cc2cc3c(s2)CC(=N)NC3=O)cc1.Cc1c(-c2ccccc2)sc2c1C(=O)NC(=N)C2. The van der Waals surface area contributed by atoms with Crippen LogP contribution in [0.4, 0.5) is 0 Å². The van der Waals surface area contributed by atoms with Crippen molar-refractivity contribution < 1.29 is 19.1 Å². The van der Waals surface area contributed by atoms with Crippen LogP contribution in [0.3, 0.4) is 0 Å². The summed E-state index contributed by atoms with van der Waals surface area (Å²) in [5.41, 5.74) is 5.18. The lowest BCUT2D eigenvalue weighted by atomic mass is 10.0. The molecular formula is C31H28N4O4S2. The number of hydrogen-bond donors (Lipinski definition) is 4. The Kier molecular flexibility index (Phi) is 8.23. The third-order valence-corrected chi connectivity index (χ3v) is 9.11. The fourth-order valence-corrected chi connectivity index (χ4v) is 7.27. The van der Waals surface area contributed by atoms with E-state index in [-0.39, 0.29) is 29.5 Å². The molecule has 10 heteroatoms. The van der Waals surface area contributed by atoms with Crippen LogP contribution in [0.15, 0.2) is 60.7 Å². The normalized spacial score (nSPS) is 13.8. The van der Waals surface area contributed by atoms with E-state index in [0.717, 1.165) is 41.8 Å². The molecule has 41 heavy (non-hydrogen) atoms. The van der Waals surface area contributed by atoms with Gasteiger partial charge in [-0.1, -0.05) is 42.5 Å². The third-order valence-electron chi connectivity index (χ3n) is 6.63. The van der Waals surface area contributed by atoms with E-state index < -0.39 is 0 Å². The van der Waals surface area contributed by atoms with Crippen LogP contribution >= 0.6 is 22.7 Å². The van der Waals surface area contributed by atoms with Crippen molar-refractivity contribution in [3.8, 4) is 10.4 Å². The zero-order valence-electron chi connectivity index (χ0n) is 22.6. The van der Waals surface area contributed by atoms with Gasteiger partial charge in [0.1, 0.15) is 11.7 Å². The van der Waals surface area contributed by atoms with Gasteiger partial charge in [0.25, 0.3) is 11.8 Å². The number of benzene rings is 2. The smallest absolute Gasteiger partial charge is 0.338 e. The number of carbonyl (C=O) groups is 3. The number of esters is 1. The maximum atomic E-state index is 11.9. The molecule has 0 spiro atoms. The van der Waals surface area contributed by atoms with Gasteiger partial charge in [-0.15, -0.1) is 22.7 Å². The van der Waals surface area contributed by atoms with Crippen LogP contribution < -0.4 is 10.6 Å². The second-order valence-corrected chi connectivity index (χ2v) is 11.9. The first-order chi connectivity index (χ1) is 19.7. The molecule has 0 atom stereocenters. The summed E-state index contributed by atoms with van der Waals surface area (Å²) in [7, 11) is 0. The lowest BCUT2D eigenvalue weighted by Gasteiger charge is -2.13. The van der Waals surface area contributed by atoms with Crippen molar-refractivity contribution in [3.05, 3.63) is 103 Å². The van der Waals surface area contributed by atoms with Gasteiger partial charge in [-0.05, 0) is 48.7 Å². The third kappa shape index (κ3) is 6.18. The van der Waals surface area contributed by atoms with Gasteiger partial charge in [-0.25, -0.2) is 4.79 Å². The molecule has 4 heterocycles. The molecule has 2 amide bonds. The first-order valence-corrected chi connectivity index (χ1v) is 14.7. The van der Waals surface area contributed by atoms with E-state index in [0.29, 0.717) is 37.0 Å². The van der Waals surface area contributed by atoms with Gasteiger partial charge < -0.3 is 15.4 Å². The maximum absolute atomic E-state index is 11.9. The molecule has 8 nitrogen and oxygen atoms in total. The van der Waals surface area contributed by atoms with Crippen molar-refractivity contribution in [2.24, 2.45) is 0 Å². The van der Waals surface area contributed by atoms with Crippen LogP contribution in [0.25, 0.3) is 10.4 Å². The van der Waals surface area contributed by atoms with E-state index in [9.17, 15) is 14.4 Å². The Morgan fingerprint density at radius 2 is 1.56 bits per heavy atom. The number of nitrogens with one attached hydrogen (secondary N) is 4. The van der Waals surface area contributed by atoms with Crippen LogP contribution in [0.5, 0.6) is 0 Å². The fraction of sp³-hybridized carbons (Fsp3) is 0.194. The zero-order valence-corrected chi connectivity index (χ0v) is 24.2. The second-order valence-electron chi connectivity index (χ2n) is 9.58. The summed E-state index contributed by atoms with van der Waals surface area (Å²) in [5.74, 6) is -0.127. The van der Waals surface area contributed by atoms with Crippen molar-refractivity contribution in [2.75, 3.05) is 6.61 Å². The van der Waals surface area contributed by atoms with Crippen LogP contribution in [-0.2, 0) is 24.0 Å². The average molecular weight is 585 g/mol. The zero-order chi connectivity index (χ0) is 29.1. The van der Waals surface area contributed by atoms with E-state index in [1.807, 2.05) is 55.5 Å². The highest BCUT2D eigenvalue weighted by atomic mass is 32.1. The van der Waals surface area contributed by atoms with E-state index in [4.69, 9.17) is 15.6 Å². The van der Waals surface area contributed by atoms with E-state index in [2.05, 4.69) is 10.6 Å². The molecule has 0 fully saturated rings. The molecule has 2 aliphatic rings. The number of rotatable bonds is 5. The largest absolute Gasteiger partial charge is 0.462 e. The van der Waals surface area contributed by atoms with Crippen molar-refractivity contribution in [2.45, 2.75) is 33.1 Å². The Balaban J connectivity index is 0.000000169. The first kappa shape index (κ1) is 28.1. The number of ether oxygens (including phenoxy) is 1. The highest BCUT2D eigenvalue weighted by Gasteiger charge is 2.27. The number of hydrogen-bond acceptors (Lipinski definition) is 8. The Labute approximate surface area is 245 Å². The molecule has 6 rings (SSSR count). The van der Waals surface area contributed by atoms with Gasteiger partial charge in [0.15, 0.2) is 0 Å². The topological polar surface area (TPSA) is 132 Å². The van der Waals surface area contributed by atoms with Gasteiger partial charge in [-0.2, -0.15) is 0 Å². The summed E-state index contributed by atoms with van der Waals surface area (Å²) >= 11 is 3.18. The van der Waals surface area contributed by atoms with Gasteiger partial charge in [0.05, 0.1) is 23.3 Å². The van der Waals surface area contributed by atoms with Crippen LogP contribution in [0.1, 0.15) is 63.8 Å². The summed E-state index contributed by atoms with van der Waals surface area (Å²) in [4.78, 5) is 39.5. The lowest BCUT2D eigenvalue weighted by Crippen LogP contribution is -2.36. The molecule has 2 aliphatic heterocycles. The Hall–Kier alpha value is -4.41. The predicted octanol–water partition coefficient (Wildman–Crippen LogP) is 5.77. The number of carbonyl (C=O) groups excluding carboxylic acids is 3. The maximum Gasteiger partial charge on any atom is 0.338 e. The van der Waals surface area contributed by atoms with Gasteiger partial charge >= 0.3 is 5.97 Å². The monoisotopic (exact) mass is 584 g/mol. The van der Waals surface area contributed by atoms with Gasteiger partial charge in [0, 0.05) is 38.8 Å². The number of amidine groups is 2.